The Hall–Kier alpha value is -2.24. The van der Waals surface area contributed by atoms with Crippen molar-refractivity contribution >= 4 is 5.91 Å². The van der Waals surface area contributed by atoms with Crippen LogP contribution in [-0.2, 0) is 23.3 Å². The van der Waals surface area contributed by atoms with Crippen LogP contribution in [0.3, 0.4) is 0 Å². The van der Waals surface area contributed by atoms with Crippen molar-refractivity contribution in [3.05, 3.63) is 47.3 Å². The lowest BCUT2D eigenvalue weighted by Gasteiger charge is -2.44. The summed E-state index contributed by atoms with van der Waals surface area (Å²) < 4.78 is 15.3. The minimum absolute atomic E-state index is 0.141. The van der Waals surface area contributed by atoms with Crippen molar-refractivity contribution in [1.29, 1.82) is 0 Å². The van der Waals surface area contributed by atoms with Gasteiger partial charge in [0.05, 0.1) is 12.0 Å². The van der Waals surface area contributed by atoms with E-state index in [1.165, 1.54) is 12.1 Å². The molecule has 0 bridgehead atoms. The van der Waals surface area contributed by atoms with Gasteiger partial charge >= 0.3 is 0 Å². The lowest BCUT2D eigenvalue weighted by molar-refractivity contribution is -0.142. The van der Waals surface area contributed by atoms with Crippen LogP contribution in [0.4, 0.5) is 4.39 Å². The Labute approximate surface area is 134 Å². The van der Waals surface area contributed by atoms with Crippen molar-refractivity contribution in [2.75, 3.05) is 6.54 Å². The van der Waals surface area contributed by atoms with E-state index in [9.17, 15) is 9.18 Å². The molecule has 6 heteroatoms. The molecule has 1 aromatic carbocycles. The molecule has 0 N–H and O–H groups in total. The number of benzene rings is 1. The smallest absolute Gasteiger partial charge is 0.233 e. The van der Waals surface area contributed by atoms with Gasteiger partial charge in [0.25, 0.3) is 0 Å². The number of nitrogens with zero attached hydrogens (tertiary/aromatic N) is 4. The first-order valence-corrected chi connectivity index (χ1v) is 8.04. The van der Waals surface area contributed by atoms with Crippen molar-refractivity contribution in [2.45, 2.75) is 44.7 Å². The lowest BCUT2D eigenvalue weighted by Crippen LogP contribution is -2.52. The molecule has 0 radical (unpaired) electrons. The van der Waals surface area contributed by atoms with Gasteiger partial charge in [0.1, 0.15) is 11.6 Å². The minimum atomic E-state index is -0.481. The molecular formula is C17H19FN4O. The molecule has 1 aromatic heterocycles. The maximum atomic E-state index is 13.2. The van der Waals surface area contributed by atoms with Crippen LogP contribution in [0.5, 0.6) is 0 Å². The summed E-state index contributed by atoms with van der Waals surface area (Å²) in [5.41, 5.74) is 0.448. The summed E-state index contributed by atoms with van der Waals surface area (Å²) in [5, 5.41) is 8.26. The van der Waals surface area contributed by atoms with E-state index < -0.39 is 5.41 Å². The predicted octanol–water partition coefficient (Wildman–Crippen LogP) is 2.19. The zero-order valence-electron chi connectivity index (χ0n) is 13.1. The number of carbonyl (C=O) groups excluding carboxylic acids is 1. The molecule has 1 saturated carbocycles. The first-order valence-electron chi connectivity index (χ1n) is 8.04. The summed E-state index contributed by atoms with van der Waals surface area (Å²) in [6.45, 7) is 3.84. The van der Waals surface area contributed by atoms with Crippen LogP contribution < -0.4 is 0 Å². The molecule has 2 heterocycles. The molecule has 5 nitrogen and oxygen atoms in total. The van der Waals surface area contributed by atoms with E-state index in [4.69, 9.17) is 0 Å². The van der Waals surface area contributed by atoms with Gasteiger partial charge in [0.2, 0.25) is 5.91 Å². The van der Waals surface area contributed by atoms with E-state index in [2.05, 4.69) is 14.8 Å². The van der Waals surface area contributed by atoms with Crippen LogP contribution in [0.25, 0.3) is 0 Å². The van der Waals surface area contributed by atoms with Gasteiger partial charge in [0, 0.05) is 13.1 Å². The molecule has 0 unspecified atom stereocenters. The van der Waals surface area contributed by atoms with Crippen LogP contribution in [0.2, 0.25) is 0 Å². The first-order chi connectivity index (χ1) is 11.1. The summed E-state index contributed by atoms with van der Waals surface area (Å²) in [5.74, 6) is 1.61. The Morgan fingerprint density at radius 2 is 1.91 bits per heavy atom. The summed E-state index contributed by atoms with van der Waals surface area (Å²) in [4.78, 5) is 15.1. The van der Waals surface area contributed by atoms with Gasteiger partial charge in [-0.15, -0.1) is 10.2 Å². The van der Waals surface area contributed by atoms with Gasteiger partial charge in [0.15, 0.2) is 5.82 Å². The van der Waals surface area contributed by atoms with Crippen LogP contribution >= 0.6 is 0 Å². The Bertz CT molecular complexity index is 748. The molecule has 0 atom stereocenters. The second-order valence-electron chi connectivity index (χ2n) is 6.48. The normalized spacial score (nSPS) is 19.1. The maximum Gasteiger partial charge on any atom is 0.233 e. The average Bonchev–Trinajstić information content (AvgIpc) is 2.89. The van der Waals surface area contributed by atoms with Gasteiger partial charge in [-0.3, -0.25) is 4.79 Å². The van der Waals surface area contributed by atoms with E-state index in [-0.39, 0.29) is 11.7 Å². The summed E-state index contributed by atoms with van der Waals surface area (Å²) in [6, 6.07) is 6.39. The Kier molecular flexibility index (Phi) is 3.21. The predicted molar refractivity (Wildman–Crippen MR) is 82.1 cm³/mol. The van der Waals surface area contributed by atoms with Crippen LogP contribution in [0.15, 0.2) is 24.3 Å². The molecule has 1 aliphatic carbocycles. The SMILES string of the molecule is Cc1nnc2n1CCN(C(=O)C1(c3ccc(F)cc3)CCC1)C2. The molecule has 1 fully saturated rings. The number of aryl methyl sites for hydroxylation is 1. The number of amides is 1. The van der Waals surface area contributed by atoms with Crippen molar-refractivity contribution in [2.24, 2.45) is 0 Å². The standard InChI is InChI=1S/C17H19FN4O/c1-12-19-20-15-11-21(9-10-22(12)15)16(23)17(7-2-8-17)13-3-5-14(18)6-4-13/h3-6H,2,7-11H2,1H3. The monoisotopic (exact) mass is 314 g/mol. The number of hydrogen-bond donors (Lipinski definition) is 0. The van der Waals surface area contributed by atoms with Gasteiger partial charge < -0.3 is 9.47 Å². The van der Waals surface area contributed by atoms with Crippen LogP contribution in [0, 0.1) is 12.7 Å². The van der Waals surface area contributed by atoms with Crippen LogP contribution in [0.1, 0.15) is 36.5 Å². The van der Waals surface area contributed by atoms with Crippen molar-refractivity contribution in [3.8, 4) is 0 Å². The molecule has 2 aromatic rings. The fourth-order valence-electron chi connectivity index (χ4n) is 3.70. The Balaban J connectivity index is 1.61. The van der Waals surface area contributed by atoms with E-state index in [1.807, 2.05) is 11.8 Å². The summed E-state index contributed by atoms with van der Waals surface area (Å²) in [7, 11) is 0. The number of carbonyl (C=O) groups is 1. The van der Waals surface area contributed by atoms with E-state index in [0.717, 1.165) is 43.0 Å². The third-order valence-electron chi connectivity index (χ3n) is 5.24. The average molecular weight is 314 g/mol. The van der Waals surface area contributed by atoms with Gasteiger partial charge in [-0.05, 0) is 37.5 Å². The molecule has 0 saturated heterocycles. The van der Waals surface area contributed by atoms with E-state index in [0.29, 0.717) is 13.1 Å². The van der Waals surface area contributed by atoms with E-state index >= 15 is 0 Å². The number of hydrogen-bond acceptors (Lipinski definition) is 3. The Morgan fingerprint density at radius 1 is 1.17 bits per heavy atom. The molecule has 1 amide bonds. The highest BCUT2D eigenvalue weighted by Crippen LogP contribution is 2.45. The van der Waals surface area contributed by atoms with Gasteiger partial charge in [-0.1, -0.05) is 18.6 Å². The molecule has 1 aliphatic heterocycles. The highest BCUT2D eigenvalue weighted by atomic mass is 19.1. The molecule has 120 valence electrons. The zero-order valence-corrected chi connectivity index (χ0v) is 13.1. The van der Waals surface area contributed by atoms with E-state index in [1.54, 1.807) is 12.1 Å². The quantitative estimate of drug-likeness (QED) is 0.854. The summed E-state index contributed by atoms with van der Waals surface area (Å²) in [6.07, 6.45) is 2.70. The van der Waals surface area contributed by atoms with Crippen molar-refractivity contribution < 1.29 is 9.18 Å². The lowest BCUT2D eigenvalue weighted by atomic mass is 9.63. The third kappa shape index (κ3) is 2.16. The zero-order chi connectivity index (χ0) is 16.0. The second-order valence-corrected chi connectivity index (χ2v) is 6.48. The molecule has 0 spiro atoms. The fourth-order valence-corrected chi connectivity index (χ4v) is 3.70. The molecule has 4 rings (SSSR count). The number of fused-ring (bicyclic) bond motifs is 1. The number of rotatable bonds is 2. The number of halogens is 1. The highest BCUT2D eigenvalue weighted by molar-refractivity contribution is 5.89. The van der Waals surface area contributed by atoms with Crippen LogP contribution in [-0.4, -0.2) is 32.1 Å². The molecule has 2 aliphatic rings. The topological polar surface area (TPSA) is 51.0 Å². The highest BCUT2D eigenvalue weighted by Gasteiger charge is 2.48. The largest absolute Gasteiger partial charge is 0.333 e. The van der Waals surface area contributed by atoms with Crippen molar-refractivity contribution in [1.82, 2.24) is 19.7 Å². The number of aromatic nitrogens is 3. The molecule has 23 heavy (non-hydrogen) atoms. The maximum absolute atomic E-state index is 13.2. The van der Waals surface area contributed by atoms with Gasteiger partial charge in [-0.2, -0.15) is 0 Å². The van der Waals surface area contributed by atoms with Crippen molar-refractivity contribution in [3.63, 3.8) is 0 Å². The Morgan fingerprint density at radius 3 is 2.57 bits per heavy atom. The second kappa shape index (κ2) is 5.15. The molecular weight excluding hydrogens is 295 g/mol. The fraction of sp³-hybridized carbons (Fsp3) is 0.471. The van der Waals surface area contributed by atoms with Gasteiger partial charge in [-0.25, -0.2) is 4.39 Å². The summed E-state index contributed by atoms with van der Waals surface area (Å²) >= 11 is 0. The third-order valence-corrected chi connectivity index (χ3v) is 5.24. The minimum Gasteiger partial charge on any atom is -0.333 e. The first kappa shape index (κ1) is 14.4.